The van der Waals surface area contributed by atoms with Gasteiger partial charge in [0.1, 0.15) is 23.7 Å². The van der Waals surface area contributed by atoms with Gasteiger partial charge in [0.25, 0.3) is 5.91 Å². The fraction of sp³-hybridized carbons (Fsp3) is 0.233. The van der Waals surface area contributed by atoms with Crippen molar-refractivity contribution in [3.63, 3.8) is 0 Å². The molecule has 0 aromatic heterocycles. The first-order valence-corrected chi connectivity index (χ1v) is 12.5. The molecule has 0 spiro atoms. The Balaban J connectivity index is 1.54. The van der Waals surface area contributed by atoms with Crippen molar-refractivity contribution in [2.75, 3.05) is 7.05 Å². The first kappa shape index (κ1) is 27.7. The average Bonchev–Trinajstić information content (AvgIpc) is 3.04. The van der Waals surface area contributed by atoms with Gasteiger partial charge in [-0.05, 0) is 35.7 Å². The number of aliphatic hydroxyl groups is 1. The molecule has 0 saturated heterocycles. The van der Waals surface area contributed by atoms with Crippen molar-refractivity contribution in [1.82, 2.24) is 15.5 Å². The number of carbonyl (C=O) groups excluding carboxylic acids is 3. The minimum atomic E-state index is -1.90. The van der Waals surface area contributed by atoms with Crippen molar-refractivity contribution in [3.8, 4) is 0 Å². The Kier molecular flexibility index (Phi) is 8.51. The Morgan fingerprint density at radius 2 is 1.44 bits per heavy atom. The Morgan fingerprint density at radius 1 is 0.872 bits per heavy atom. The minimum absolute atomic E-state index is 0.292. The lowest BCUT2D eigenvalue weighted by atomic mass is 9.90. The van der Waals surface area contributed by atoms with Crippen LogP contribution in [0.2, 0.25) is 0 Å². The van der Waals surface area contributed by atoms with Gasteiger partial charge in [-0.15, -0.1) is 0 Å². The fourth-order valence-corrected chi connectivity index (χ4v) is 4.61. The molecule has 39 heavy (non-hydrogen) atoms. The smallest absolute Gasteiger partial charge is 0.254 e. The number of nitrogens with one attached hydrogen (secondary N) is 2. The molecule has 0 unspecified atom stereocenters. The highest BCUT2D eigenvalue weighted by Crippen LogP contribution is 2.32. The molecule has 0 radical (unpaired) electrons. The van der Waals surface area contributed by atoms with E-state index in [1.165, 1.54) is 6.92 Å². The number of halogens is 2. The van der Waals surface area contributed by atoms with Crippen LogP contribution < -0.4 is 10.6 Å². The van der Waals surface area contributed by atoms with Gasteiger partial charge in [0.15, 0.2) is 6.10 Å². The summed E-state index contributed by atoms with van der Waals surface area (Å²) in [6, 6.07) is 18.5. The summed E-state index contributed by atoms with van der Waals surface area (Å²) in [5.41, 5.74) is 1.43. The molecule has 7 nitrogen and oxygen atoms in total. The maximum atomic E-state index is 13.7. The van der Waals surface area contributed by atoms with Crippen molar-refractivity contribution in [2.45, 2.75) is 37.1 Å². The van der Waals surface area contributed by atoms with Gasteiger partial charge in [0.05, 0.1) is 6.04 Å². The fourth-order valence-electron chi connectivity index (χ4n) is 4.61. The van der Waals surface area contributed by atoms with Crippen LogP contribution in [-0.4, -0.2) is 46.9 Å². The lowest BCUT2D eigenvalue weighted by Crippen LogP contribution is -2.55. The minimum Gasteiger partial charge on any atom is -0.378 e. The third-order valence-corrected chi connectivity index (χ3v) is 6.72. The van der Waals surface area contributed by atoms with E-state index in [0.29, 0.717) is 6.07 Å². The van der Waals surface area contributed by atoms with Gasteiger partial charge in [-0.3, -0.25) is 14.4 Å². The van der Waals surface area contributed by atoms with E-state index in [1.54, 1.807) is 11.9 Å². The second kappa shape index (κ2) is 12.0. The highest BCUT2D eigenvalue weighted by molar-refractivity contribution is 5.93. The average molecular weight is 534 g/mol. The van der Waals surface area contributed by atoms with E-state index in [0.717, 1.165) is 23.3 Å². The quantitative estimate of drug-likeness (QED) is 0.405. The van der Waals surface area contributed by atoms with E-state index >= 15 is 0 Å². The third-order valence-electron chi connectivity index (χ3n) is 6.72. The second-order valence-corrected chi connectivity index (χ2v) is 9.45. The van der Waals surface area contributed by atoms with Crippen molar-refractivity contribution in [1.29, 1.82) is 0 Å². The summed E-state index contributed by atoms with van der Waals surface area (Å²) in [5.74, 6) is -4.41. The Labute approximate surface area is 225 Å². The molecule has 3 amide bonds. The van der Waals surface area contributed by atoms with Crippen LogP contribution >= 0.6 is 0 Å². The summed E-state index contributed by atoms with van der Waals surface area (Å²) in [5, 5.41) is 15.4. The van der Waals surface area contributed by atoms with Gasteiger partial charge in [-0.2, -0.15) is 0 Å². The molecule has 3 aromatic rings. The van der Waals surface area contributed by atoms with E-state index in [2.05, 4.69) is 10.6 Å². The zero-order valence-electron chi connectivity index (χ0n) is 21.4. The Bertz CT molecular complexity index is 1350. The van der Waals surface area contributed by atoms with Crippen molar-refractivity contribution < 1.29 is 28.3 Å². The lowest BCUT2D eigenvalue weighted by molar-refractivity contribution is -0.138. The van der Waals surface area contributed by atoms with Crippen LogP contribution in [0.15, 0.2) is 91.0 Å². The number of carbonyl (C=O) groups is 3. The maximum absolute atomic E-state index is 13.7. The molecule has 202 valence electrons. The van der Waals surface area contributed by atoms with Crippen LogP contribution in [0.3, 0.4) is 0 Å². The monoisotopic (exact) mass is 533 g/mol. The molecule has 5 atom stereocenters. The number of likely N-dealkylation sites (N-methyl/N-ethyl adjacent to an activating group) is 1. The first-order valence-electron chi connectivity index (χ1n) is 12.5. The molecule has 1 aliphatic rings. The normalized spacial score (nSPS) is 20.6. The largest absolute Gasteiger partial charge is 0.378 e. The zero-order valence-corrected chi connectivity index (χ0v) is 21.4. The molecule has 1 heterocycles. The van der Waals surface area contributed by atoms with Gasteiger partial charge >= 0.3 is 0 Å². The lowest BCUT2D eigenvalue weighted by Gasteiger charge is -2.31. The van der Waals surface area contributed by atoms with Crippen molar-refractivity contribution in [2.24, 2.45) is 0 Å². The molecule has 3 N–H and O–H groups in total. The van der Waals surface area contributed by atoms with E-state index in [9.17, 15) is 28.3 Å². The number of rotatable bonds is 7. The van der Waals surface area contributed by atoms with Crippen molar-refractivity contribution >= 4 is 17.7 Å². The van der Waals surface area contributed by atoms with Crippen LogP contribution in [0.4, 0.5) is 8.78 Å². The summed E-state index contributed by atoms with van der Waals surface area (Å²) in [6.45, 7) is 1.39. The van der Waals surface area contributed by atoms with Crippen LogP contribution in [0.5, 0.6) is 0 Å². The number of hydrogen-bond acceptors (Lipinski definition) is 4. The van der Waals surface area contributed by atoms with Crippen LogP contribution in [0, 0.1) is 11.6 Å². The maximum Gasteiger partial charge on any atom is 0.254 e. The summed E-state index contributed by atoms with van der Waals surface area (Å²) in [6.07, 6.45) is 1.92. The standard InChI is InChI=1S/C30H29F2N3O4/c1-18(33-29(38)27(36)21-15-22(31)17-23(32)16-21)28(37)34-26-24(19-9-5-3-6-10-19)13-14-25(35(2)30(26)39)20-11-7-4-8-12-20/h3-18,24-27,36H,1-2H3,(H,33,38)(H,34,37)/t18-,24+,25+,26-,27+/m0/s1. The molecular weight excluding hydrogens is 504 g/mol. The van der Waals surface area contributed by atoms with E-state index in [-0.39, 0.29) is 17.5 Å². The van der Waals surface area contributed by atoms with Gasteiger partial charge in [0.2, 0.25) is 11.8 Å². The summed E-state index contributed by atoms with van der Waals surface area (Å²) >= 11 is 0. The second-order valence-electron chi connectivity index (χ2n) is 9.45. The molecule has 0 fully saturated rings. The van der Waals surface area contributed by atoms with Crippen LogP contribution in [-0.2, 0) is 14.4 Å². The molecule has 9 heteroatoms. The number of aliphatic hydroxyl groups excluding tert-OH is 1. The number of benzene rings is 3. The predicted octanol–water partition coefficient (Wildman–Crippen LogP) is 3.54. The highest BCUT2D eigenvalue weighted by Gasteiger charge is 2.37. The molecule has 4 rings (SSSR count). The first-order chi connectivity index (χ1) is 18.7. The molecule has 1 aliphatic heterocycles. The topological polar surface area (TPSA) is 98.7 Å². The van der Waals surface area contributed by atoms with Gasteiger partial charge in [0, 0.05) is 19.0 Å². The van der Waals surface area contributed by atoms with E-state index in [1.807, 2.05) is 72.8 Å². The molecule has 0 bridgehead atoms. The summed E-state index contributed by atoms with van der Waals surface area (Å²) in [7, 11) is 1.66. The number of nitrogens with zero attached hydrogens (tertiary/aromatic N) is 1. The molecular formula is C30H29F2N3O4. The van der Waals surface area contributed by atoms with E-state index in [4.69, 9.17) is 0 Å². The Hall–Kier alpha value is -4.37. The number of hydrogen-bond donors (Lipinski definition) is 3. The molecule has 3 aromatic carbocycles. The van der Waals surface area contributed by atoms with Gasteiger partial charge in [-0.25, -0.2) is 8.78 Å². The molecule has 0 aliphatic carbocycles. The zero-order chi connectivity index (χ0) is 28.1. The van der Waals surface area contributed by atoms with Crippen LogP contribution in [0.25, 0.3) is 0 Å². The third kappa shape index (κ3) is 6.38. The summed E-state index contributed by atoms with van der Waals surface area (Å²) < 4.78 is 27.1. The van der Waals surface area contributed by atoms with Crippen LogP contribution in [0.1, 0.15) is 41.7 Å². The van der Waals surface area contributed by atoms with Gasteiger partial charge in [-0.1, -0.05) is 72.8 Å². The molecule has 0 saturated carbocycles. The predicted molar refractivity (Wildman–Crippen MR) is 141 cm³/mol. The SMILES string of the molecule is C[C@H](NC(=O)[C@H](O)c1cc(F)cc(F)c1)C(=O)N[C@@H]1C(=O)N(C)[C@@H](c2ccccc2)C=C[C@@H]1c1ccccc1. The highest BCUT2D eigenvalue weighted by atomic mass is 19.1. The van der Waals surface area contributed by atoms with Crippen molar-refractivity contribution in [3.05, 3.63) is 119 Å². The van der Waals surface area contributed by atoms with E-state index < -0.39 is 47.6 Å². The number of amides is 3. The summed E-state index contributed by atoms with van der Waals surface area (Å²) in [4.78, 5) is 41.0. The Morgan fingerprint density at radius 3 is 2.03 bits per heavy atom. The van der Waals surface area contributed by atoms with Gasteiger partial charge < -0.3 is 20.6 Å².